The van der Waals surface area contributed by atoms with Crippen LogP contribution in [0, 0.1) is 5.92 Å². The summed E-state index contributed by atoms with van der Waals surface area (Å²) in [6.45, 7) is 7.92. The van der Waals surface area contributed by atoms with Crippen molar-refractivity contribution in [2.75, 3.05) is 6.54 Å². The first-order valence-corrected chi connectivity index (χ1v) is 5.14. The molecular formula is C11H19N3. The van der Waals surface area contributed by atoms with Crippen LogP contribution in [0.1, 0.15) is 19.8 Å². The second-order valence-electron chi connectivity index (χ2n) is 3.61. The quantitative estimate of drug-likeness (QED) is 0.671. The van der Waals surface area contributed by atoms with E-state index < -0.39 is 0 Å². The van der Waals surface area contributed by atoms with E-state index in [0.717, 1.165) is 19.0 Å². The van der Waals surface area contributed by atoms with Gasteiger partial charge in [-0.05, 0) is 31.0 Å². The van der Waals surface area contributed by atoms with E-state index in [1.54, 1.807) is 6.20 Å². The highest BCUT2D eigenvalue weighted by atomic mass is 15.3. The summed E-state index contributed by atoms with van der Waals surface area (Å²) in [4.78, 5) is 0. The van der Waals surface area contributed by atoms with Gasteiger partial charge in [-0.25, -0.2) is 0 Å². The predicted molar refractivity (Wildman–Crippen MR) is 58.8 cm³/mol. The molecule has 1 rings (SSSR count). The van der Waals surface area contributed by atoms with Crippen molar-refractivity contribution in [3.05, 3.63) is 31.2 Å². The second kappa shape index (κ2) is 6.24. The minimum absolute atomic E-state index is 0.728. The zero-order chi connectivity index (χ0) is 10.2. The van der Waals surface area contributed by atoms with Crippen molar-refractivity contribution in [1.82, 2.24) is 15.1 Å². The van der Waals surface area contributed by atoms with Crippen LogP contribution >= 0.6 is 0 Å². The van der Waals surface area contributed by atoms with E-state index in [2.05, 4.69) is 23.9 Å². The van der Waals surface area contributed by atoms with Gasteiger partial charge in [-0.15, -0.1) is 0 Å². The minimum Gasteiger partial charge on any atom is -0.391 e. The predicted octanol–water partition coefficient (Wildman–Crippen LogP) is 2.03. The van der Waals surface area contributed by atoms with Gasteiger partial charge in [0.25, 0.3) is 0 Å². The van der Waals surface area contributed by atoms with Gasteiger partial charge in [-0.3, -0.25) is 4.68 Å². The highest BCUT2D eigenvalue weighted by molar-refractivity contribution is 4.77. The monoisotopic (exact) mass is 193 g/mol. The first-order chi connectivity index (χ1) is 6.83. The fourth-order valence-electron chi connectivity index (χ4n) is 1.36. The summed E-state index contributed by atoms with van der Waals surface area (Å²) in [5.41, 5.74) is 0. The Labute approximate surface area is 85.8 Å². The van der Waals surface area contributed by atoms with Crippen molar-refractivity contribution < 1.29 is 0 Å². The van der Waals surface area contributed by atoms with Crippen LogP contribution in [0.5, 0.6) is 0 Å². The summed E-state index contributed by atoms with van der Waals surface area (Å²) < 4.78 is 1.98. The topological polar surface area (TPSA) is 29.9 Å². The second-order valence-corrected chi connectivity index (χ2v) is 3.61. The number of nitrogens with one attached hydrogen (secondary N) is 1. The van der Waals surface area contributed by atoms with Gasteiger partial charge >= 0.3 is 0 Å². The van der Waals surface area contributed by atoms with Crippen molar-refractivity contribution in [1.29, 1.82) is 0 Å². The fourth-order valence-corrected chi connectivity index (χ4v) is 1.36. The van der Waals surface area contributed by atoms with E-state index in [9.17, 15) is 0 Å². The van der Waals surface area contributed by atoms with Crippen LogP contribution in [-0.4, -0.2) is 16.3 Å². The Hall–Kier alpha value is -1.25. The summed E-state index contributed by atoms with van der Waals surface area (Å²) in [6, 6.07) is 1.96. The van der Waals surface area contributed by atoms with Crippen LogP contribution in [0.25, 0.3) is 0 Å². The van der Waals surface area contributed by atoms with Crippen molar-refractivity contribution >= 4 is 0 Å². The fraction of sp³-hybridized carbons (Fsp3) is 0.545. The molecule has 1 unspecified atom stereocenters. The van der Waals surface area contributed by atoms with Gasteiger partial charge in [0.1, 0.15) is 0 Å². The summed E-state index contributed by atoms with van der Waals surface area (Å²) in [7, 11) is 0. The molecule has 3 heteroatoms. The van der Waals surface area contributed by atoms with Gasteiger partial charge in [0, 0.05) is 25.5 Å². The molecule has 78 valence electrons. The Bertz CT molecular complexity index is 241. The Balaban J connectivity index is 2.08. The maximum atomic E-state index is 4.17. The average Bonchev–Trinajstić information content (AvgIpc) is 2.68. The first kappa shape index (κ1) is 10.8. The number of hydrogen-bond acceptors (Lipinski definition) is 2. The van der Waals surface area contributed by atoms with Crippen LogP contribution in [0.15, 0.2) is 31.2 Å². The average molecular weight is 193 g/mol. The molecule has 0 bridgehead atoms. The lowest BCUT2D eigenvalue weighted by molar-refractivity contribution is 0.432. The molecule has 0 aliphatic rings. The summed E-state index contributed by atoms with van der Waals surface area (Å²) in [5, 5.41) is 7.28. The van der Waals surface area contributed by atoms with Gasteiger partial charge < -0.3 is 5.32 Å². The van der Waals surface area contributed by atoms with Crippen molar-refractivity contribution in [2.45, 2.75) is 26.3 Å². The Morgan fingerprint density at radius 3 is 3.07 bits per heavy atom. The molecule has 0 amide bonds. The third kappa shape index (κ3) is 4.12. The van der Waals surface area contributed by atoms with Gasteiger partial charge in [-0.1, -0.05) is 13.5 Å². The van der Waals surface area contributed by atoms with E-state index in [-0.39, 0.29) is 0 Å². The molecule has 1 heterocycles. The molecule has 1 aromatic rings. The third-order valence-corrected chi connectivity index (χ3v) is 2.34. The van der Waals surface area contributed by atoms with E-state index in [1.165, 1.54) is 12.8 Å². The molecule has 14 heavy (non-hydrogen) atoms. The first-order valence-electron chi connectivity index (χ1n) is 5.14. The zero-order valence-electron chi connectivity index (χ0n) is 8.82. The van der Waals surface area contributed by atoms with E-state index in [0.29, 0.717) is 0 Å². The molecule has 0 spiro atoms. The van der Waals surface area contributed by atoms with Crippen molar-refractivity contribution in [2.24, 2.45) is 5.92 Å². The van der Waals surface area contributed by atoms with Crippen molar-refractivity contribution in [3.8, 4) is 0 Å². The van der Waals surface area contributed by atoms with Gasteiger partial charge in [0.2, 0.25) is 0 Å². The van der Waals surface area contributed by atoms with Crippen LogP contribution in [0.2, 0.25) is 0 Å². The molecule has 0 aromatic carbocycles. The Morgan fingerprint density at radius 1 is 1.57 bits per heavy atom. The van der Waals surface area contributed by atoms with Crippen LogP contribution in [-0.2, 0) is 6.54 Å². The molecule has 0 saturated carbocycles. The number of rotatable bonds is 7. The lowest BCUT2D eigenvalue weighted by Crippen LogP contribution is -2.12. The highest BCUT2D eigenvalue weighted by Crippen LogP contribution is 2.07. The molecule has 0 aliphatic heterocycles. The minimum atomic E-state index is 0.728. The Morgan fingerprint density at radius 2 is 2.43 bits per heavy atom. The van der Waals surface area contributed by atoms with Gasteiger partial charge in [-0.2, -0.15) is 5.10 Å². The molecule has 1 aromatic heterocycles. The number of hydrogen-bond donors (Lipinski definition) is 1. The standard InChI is InChI=1S/C11H19N3/c1-3-12-8-5-11(2)6-10-14-9-4-7-13-14/h3-4,7,9,11-12H,1,5-6,8,10H2,2H3. The number of aromatic nitrogens is 2. The maximum Gasteiger partial charge on any atom is 0.0489 e. The third-order valence-electron chi connectivity index (χ3n) is 2.34. The zero-order valence-corrected chi connectivity index (χ0v) is 8.82. The molecule has 0 aliphatic carbocycles. The van der Waals surface area contributed by atoms with E-state index in [1.807, 2.05) is 23.1 Å². The molecular weight excluding hydrogens is 174 g/mol. The van der Waals surface area contributed by atoms with Crippen LogP contribution in [0.3, 0.4) is 0 Å². The molecule has 1 N–H and O–H groups in total. The number of aryl methyl sites for hydroxylation is 1. The van der Waals surface area contributed by atoms with Crippen LogP contribution in [0.4, 0.5) is 0 Å². The molecule has 0 fully saturated rings. The van der Waals surface area contributed by atoms with Gasteiger partial charge in [0.15, 0.2) is 0 Å². The largest absolute Gasteiger partial charge is 0.391 e. The normalized spacial score (nSPS) is 12.4. The van der Waals surface area contributed by atoms with Crippen LogP contribution < -0.4 is 5.32 Å². The molecule has 0 saturated heterocycles. The smallest absolute Gasteiger partial charge is 0.0489 e. The van der Waals surface area contributed by atoms with Crippen molar-refractivity contribution in [3.63, 3.8) is 0 Å². The number of nitrogens with zero attached hydrogens (tertiary/aromatic N) is 2. The van der Waals surface area contributed by atoms with E-state index >= 15 is 0 Å². The summed E-state index contributed by atoms with van der Waals surface area (Å²) in [6.07, 6.45) is 7.95. The maximum absolute atomic E-state index is 4.17. The summed E-state index contributed by atoms with van der Waals surface area (Å²) in [5.74, 6) is 0.728. The lowest BCUT2D eigenvalue weighted by Gasteiger charge is -2.10. The molecule has 1 atom stereocenters. The molecule has 3 nitrogen and oxygen atoms in total. The summed E-state index contributed by atoms with van der Waals surface area (Å²) >= 11 is 0. The highest BCUT2D eigenvalue weighted by Gasteiger charge is 2.01. The lowest BCUT2D eigenvalue weighted by atomic mass is 10.0. The molecule has 0 radical (unpaired) electrons. The van der Waals surface area contributed by atoms with E-state index in [4.69, 9.17) is 0 Å². The Kier molecular flexibility index (Phi) is 4.83. The SMILES string of the molecule is C=CNCCC(C)CCn1cccn1. The van der Waals surface area contributed by atoms with Gasteiger partial charge in [0.05, 0.1) is 0 Å².